The highest BCUT2D eigenvalue weighted by molar-refractivity contribution is 5.85. The Morgan fingerprint density at radius 3 is 2.63 bits per heavy atom. The van der Waals surface area contributed by atoms with Crippen LogP contribution < -0.4 is 20.5 Å². The summed E-state index contributed by atoms with van der Waals surface area (Å²) in [4.78, 5) is 4.50. The van der Waals surface area contributed by atoms with Crippen molar-refractivity contribution in [2.45, 2.75) is 37.8 Å². The Kier molecular flexibility index (Phi) is 5.12. The minimum atomic E-state index is 0.262. The Bertz CT molecular complexity index is 920. The Hall–Kier alpha value is -2.79. The lowest BCUT2D eigenvalue weighted by molar-refractivity contribution is 0.147. The third-order valence-electron chi connectivity index (χ3n) is 5.06. The van der Waals surface area contributed by atoms with E-state index in [-0.39, 0.29) is 6.10 Å². The number of hydrogen-bond acceptors (Lipinski definition) is 5. The van der Waals surface area contributed by atoms with E-state index in [0.29, 0.717) is 6.04 Å². The molecule has 4 rings (SSSR count). The average molecular weight is 363 g/mol. The molecule has 0 unspecified atom stereocenters. The van der Waals surface area contributed by atoms with Gasteiger partial charge in [-0.2, -0.15) is 0 Å². The van der Waals surface area contributed by atoms with Gasteiger partial charge in [0, 0.05) is 29.4 Å². The molecule has 5 nitrogen and oxygen atoms in total. The van der Waals surface area contributed by atoms with Crippen LogP contribution >= 0.6 is 0 Å². The van der Waals surface area contributed by atoms with E-state index >= 15 is 0 Å². The van der Waals surface area contributed by atoms with Gasteiger partial charge in [-0.3, -0.25) is 0 Å². The summed E-state index contributed by atoms with van der Waals surface area (Å²) in [6.07, 6.45) is 6.27. The average Bonchev–Trinajstić information content (AvgIpc) is 2.70. The van der Waals surface area contributed by atoms with Gasteiger partial charge in [0.2, 0.25) is 0 Å². The molecule has 1 heterocycles. The van der Waals surface area contributed by atoms with E-state index in [0.717, 1.165) is 59.5 Å². The summed E-state index contributed by atoms with van der Waals surface area (Å²) in [5, 5.41) is 5.52. The number of nitrogens with one attached hydrogen (secondary N) is 1. The van der Waals surface area contributed by atoms with Gasteiger partial charge in [-0.05, 0) is 67.5 Å². The smallest absolute Gasteiger partial charge is 0.130 e. The summed E-state index contributed by atoms with van der Waals surface area (Å²) in [5.74, 6) is 2.50. The first-order valence-electron chi connectivity index (χ1n) is 9.43. The van der Waals surface area contributed by atoms with Crippen molar-refractivity contribution >= 4 is 22.3 Å². The number of rotatable bonds is 5. The number of aromatic nitrogens is 1. The Morgan fingerprint density at radius 2 is 1.81 bits per heavy atom. The molecule has 0 spiro atoms. The molecule has 0 amide bonds. The van der Waals surface area contributed by atoms with Crippen LogP contribution in [0.25, 0.3) is 10.8 Å². The molecule has 0 radical (unpaired) electrons. The molecule has 1 aliphatic carbocycles. The number of fused-ring (bicyclic) bond motifs is 1. The van der Waals surface area contributed by atoms with E-state index in [1.54, 1.807) is 7.11 Å². The minimum Gasteiger partial charge on any atom is -0.497 e. The molecule has 1 aliphatic rings. The first kappa shape index (κ1) is 17.6. The lowest BCUT2D eigenvalue weighted by Gasteiger charge is -2.26. The van der Waals surface area contributed by atoms with Crippen LogP contribution in [0.15, 0.2) is 54.7 Å². The van der Waals surface area contributed by atoms with Gasteiger partial charge in [0.05, 0.1) is 13.2 Å². The van der Waals surface area contributed by atoms with E-state index in [4.69, 9.17) is 15.2 Å². The molecule has 140 valence electrons. The van der Waals surface area contributed by atoms with E-state index < -0.39 is 0 Å². The number of pyridine rings is 1. The number of methoxy groups -OCH3 is 1. The second-order valence-electron chi connectivity index (χ2n) is 7.09. The van der Waals surface area contributed by atoms with Crippen LogP contribution in [-0.2, 0) is 0 Å². The summed E-state index contributed by atoms with van der Waals surface area (Å²) >= 11 is 0. The maximum Gasteiger partial charge on any atom is 0.130 e. The van der Waals surface area contributed by atoms with Crippen LogP contribution in [-0.4, -0.2) is 24.2 Å². The molecule has 3 N–H and O–H groups in total. The fourth-order valence-electron chi connectivity index (χ4n) is 3.51. The second-order valence-corrected chi connectivity index (χ2v) is 7.09. The molecule has 0 aliphatic heterocycles. The maximum atomic E-state index is 6.19. The van der Waals surface area contributed by atoms with Crippen molar-refractivity contribution in [1.82, 2.24) is 4.98 Å². The molecular weight excluding hydrogens is 338 g/mol. The van der Waals surface area contributed by atoms with Gasteiger partial charge >= 0.3 is 0 Å². The Morgan fingerprint density at radius 1 is 0.963 bits per heavy atom. The molecular formula is C22H25N3O2. The largest absolute Gasteiger partial charge is 0.497 e. The van der Waals surface area contributed by atoms with Gasteiger partial charge in [0.25, 0.3) is 0 Å². The molecule has 1 saturated carbocycles. The van der Waals surface area contributed by atoms with Crippen LogP contribution in [0.5, 0.6) is 11.5 Å². The van der Waals surface area contributed by atoms with Crippen molar-refractivity contribution in [2.24, 2.45) is 5.73 Å². The van der Waals surface area contributed by atoms with Crippen molar-refractivity contribution in [2.75, 3.05) is 12.4 Å². The topological polar surface area (TPSA) is 69.4 Å². The first-order chi connectivity index (χ1) is 13.2. The van der Waals surface area contributed by atoms with Gasteiger partial charge in [-0.15, -0.1) is 0 Å². The summed E-state index contributed by atoms with van der Waals surface area (Å²) in [5.41, 5.74) is 6.92. The van der Waals surface area contributed by atoms with Crippen LogP contribution in [0, 0.1) is 0 Å². The first-order valence-corrected chi connectivity index (χ1v) is 9.43. The quantitative estimate of drug-likeness (QED) is 0.691. The van der Waals surface area contributed by atoms with Crippen LogP contribution in [0.3, 0.4) is 0 Å². The standard InChI is InChI=1S/C22H25N3O2/c1-26-20-4-2-3-18(13-20)25-22-12-16-11-21(8-5-15(16)14-24-22)27-19-9-6-17(23)7-10-19/h2-5,8,11-14,17,19H,6-7,9-10,23H2,1H3,(H,24,25)/t17-,19+. The van der Waals surface area contributed by atoms with Crippen LogP contribution in [0.4, 0.5) is 11.5 Å². The number of benzene rings is 2. The van der Waals surface area contributed by atoms with Crippen molar-refractivity contribution in [3.05, 3.63) is 54.7 Å². The Labute approximate surface area is 159 Å². The van der Waals surface area contributed by atoms with E-state index in [9.17, 15) is 0 Å². The molecule has 0 bridgehead atoms. The predicted octanol–water partition coefficient (Wildman–Crippen LogP) is 4.64. The minimum absolute atomic E-state index is 0.262. The van der Waals surface area contributed by atoms with Gasteiger partial charge in [-0.1, -0.05) is 6.07 Å². The maximum absolute atomic E-state index is 6.19. The van der Waals surface area contributed by atoms with E-state index in [1.807, 2.05) is 42.6 Å². The highest BCUT2D eigenvalue weighted by Gasteiger charge is 2.19. The third-order valence-corrected chi connectivity index (χ3v) is 5.06. The molecule has 27 heavy (non-hydrogen) atoms. The molecule has 1 fully saturated rings. The van der Waals surface area contributed by atoms with Gasteiger partial charge in [0.1, 0.15) is 17.3 Å². The summed E-state index contributed by atoms with van der Waals surface area (Å²) in [6.45, 7) is 0. The SMILES string of the molecule is COc1cccc(Nc2cc3cc(O[C@H]4CC[C@@H](N)CC4)ccc3cn2)c1. The van der Waals surface area contributed by atoms with E-state index in [2.05, 4.69) is 22.4 Å². The predicted molar refractivity (Wildman–Crippen MR) is 109 cm³/mol. The summed E-state index contributed by atoms with van der Waals surface area (Å²) in [6, 6.07) is 16.3. The van der Waals surface area contributed by atoms with Crippen molar-refractivity contribution in [3.8, 4) is 11.5 Å². The zero-order valence-corrected chi connectivity index (χ0v) is 15.5. The summed E-state index contributed by atoms with van der Waals surface area (Å²) < 4.78 is 11.5. The van der Waals surface area contributed by atoms with Crippen molar-refractivity contribution in [1.29, 1.82) is 0 Å². The Balaban J connectivity index is 1.52. The molecule has 0 saturated heterocycles. The third kappa shape index (κ3) is 4.31. The molecule has 3 aromatic rings. The highest BCUT2D eigenvalue weighted by atomic mass is 16.5. The molecule has 2 aromatic carbocycles. The zero-order valence-electron chi connectivity index (χ0n) is 15.5. The van der Waals surface area contributed by atoms with Gasteiger partial charge < -0.3 is 20.5 Å². The summed E-state index contributed by atoms with van der Waals surface area (Å²) in [7, 11) is 1.66. The number of nitrogens with two attached hydrogens (primary N) is 1. The molecule has 1 aromatic heterocycles. The highest BCUT2D eigenvalue weighted by Crippen LogP contribution is 2.28. The lowest BCUT2D eigenvalue weighted by Crippen LogP contribution is -2.31. The molecule has 5 heteroatoms. The van der Waals surface area contributed by atoms with Gasteiger partial charge in [-0.25, -0.2) is 4.98 Å². The van der Waals surface area contributed by atoms with Gasteiger partial charge in [0.15, 0.2) is 0 Å². The zero-order chi connectivity index (χ0) is 18.6. The molecule has 0 atom stereocenters. The van der Waals surface area contributed by atoms with Crippen molar-refractivity contribution < 1.29 is 9.47 Å². The fraction of sp³-hybridized carbons (Fsp3) is 0.318. The van der Waals surface area contributed by atoms with E-state index in [1.165, 1.54) is 0 Å². The fourth-order valence-corrected chi connectivity index (χ4v) is 3.51. The monoisotopic (exact) mass is 363 g/mol. The van der Waals surface area contributed by atoms with Crippen LogP contribution in [0.1, 0.15) is 25.7 Å². The normalized spacial score (nSPS) is 19.6. The second kappa shape index (κ2) is 7.84. The van der Waals surface area contributed by atoms with Crippen molar-refractivity contribution in [3.63, 3.8) is 0 Å². The number of hydrogen-bond donors (Lipinski definition) is 2. The number of anilines is 2. The number of ether oxygens (including phenoxy) is 2. The number of nitrogens with zero attached hydrogens (tertiary/aromatic N) is 1. The lowest BCUT2D eigenvalue weighted by atomic mass is 9.94. The van der Waals surface area contributed by atoms with Crippen LogP contribution in [0.2, 0.25) is 0 Å².